The van der Waals surface area contributed by atoms with E-state index in [1.807, 2.05) is 24.3 Å². The first-order valence-electron chi connectivity index (χ1n) is 12.3. The summed E-state index contributed by atoms with van der Waals surface area (Å²) in [4.78, 5) is 26.2. The van der Waals surface area contributed by atoms with Gasteiger partial charge in [-0.2, -0.15) is 0 Å². The van der Waals surface area contributed by atoms with Gasteiger partial charge in [0, 0.05) is 60.4 Å². The third kappa shape index (κ3) is 3.81. The molecule has 7 heteroatoms. The average Bonchev–Trinajstić information content (AvgIpc) is 3.60. The number of hydrogen-bond acceptors (Lipinski definition) is 5. The molecule has 2 aliphatic rings. The number of aromatic nitrogens is 2. The lowest BCUT2D eigenvalue weighted by atomic mass is 9.95. The van der Waals surface area contributed by atoms with E-state index in [2.05, 4.69) is 41.3 Å². The van der Waals surface area contributed by atoms with Gasteiger partial charge in [0.15, 0.2) is 0 Å². The zero-order valence-electron chi connectivity index (χ0n) is 20.3. The highest BCUT2D eigenvalue weighted by molar-refractivity contribution is 5.93. The fourth-order valence-corrected chi connectivity index (χ4v) is 5.04. The number of aromatic carboxylic acids is 1. The van der Waals surface area contributed by atoms with Gasteiger partial charge in [-0.05, 0) is 43.5 Å². The van der Waals surface area contributed by atoms with Crippen LogP contribution in [0.2, 0.25) is 0 Å². The third-order valence-electron chi connectivity index (χ3n) is 7.32. The number of fused-ring (bicyclic) bond motifs is 1. The maximum Gasteiger partial charge on any atom is 0.341 e. The molecule has 36 heavy (non-hydrogen) atoms. The number of carboxylic acids is 1. The predicted octanol–water partition coefficient (Wildman–Crippen LogP) is 5.23. The number of anilines is 1. The van der Waals surface area contributed by atoms with Crippen molar-refractivity contribution >= 4 is 28.6 Å². The molecule has 2 fully saturated rings. The molecule has 7 nitrogen and oxygen atoms in total. The van der Waals surface area contributed by atoms with Gasteiger partial charge in [0.25, 0.3) is 0 Å². The van der Waals surface area contributed by atoms with E-state index < -0.39 is 11.4 Å². The Bertz CT molecular complexity index is 1590. The Morgan fingerprint density at radius 1 is 1.17 bits per heavy atom. The van der Waals surface area contributed by atoms with Gasteiger partial charge in [0.1, 0.15) is 17.0 Å². The molecule has 1 aliphatic carbocycles. The van der Waals surface area contributed by atoms with Crippen LogP contribution in [-0.4, -0.2) is 33.9 Å². The van der Waals surface area contributed by atoms with Crippen LogP contribution < -0.4 is 10.3 Å². The van der Waals surface area contributed by atoms with Gasteiger partial charge < -0.3 is 19.1 Å². The summed E-state index contributed by atoms with van der Waals surface area (Å²) in [6.07, 6.45) is 8.14. The second-order valence-electron chi connectivity index (χ2n) is 9.91. The largest absolute Gasteiger partial charge is 0.477 e. The van der Waals surface area contributed by atoms with E-state index in [1.165, 1.54) is 11.8 Å². The summed E-state index contributed by atoms with van der Waals surface area (Å²) in [5, 5.41) is 14.2. The van der Waals surface area contributed by atoms with Crippen LogP contribution in [0.3, 0.4) is 0 Å². The summed E-state index contributed by atoms with van der Waals surface area (Å²) in [5.74, 6) is 0.656. The standard InChI is InChI=1S/C29H27N3O4/c1-17-5-3-4-6-21(17)26-23(28(36-30-26)19-8-9-19)11-7-18-14-32(15-18)20-10-12-22-25(13-20)31(2)16-24(27(22)33)29(34)35/h3-7,10-13,16,18-19H,8-9,14-15H2,1-2H3,(H,34,35)/b11-7+. The van der Waals surface area contributed by atoms with Crippen molar-refractivity contribution < 1.29 is 14.4 Å². The zero-order chi connectivity index (χ0) is 25.0. The van der Waals surface area contributed by atoms with Crippen LogP contribution in [0.15, 0.2) is 64.1 Å². The Balaban J connectivity index is 1.23. The van der Waals surface area contributed by atoms with Crippen LogP contribution in [0.1, 0.15) is 46.0 Å². The summed E-state index contributed by atoms with van der Waals surface area (Å²) >= 11 is 0. The molecule has 0 atom stereocenters. The van der Waals surface area contributed by atoms with Crippen molar-refractivity contribution in [3.8, 4) is 11.3 Å². The molecule has 1 saturated heterocycles. The van der Waals surface area contributed by atoms with Crippen LogP contribution in [0.4, 0.5) is 5.69 Å². The maximum atomic E-state index is 12.5. The molecule has 0 amide bonds. The quantitative estimate of drug-likeness (QED) is 0.406. The van der Waals surface area contributed by atoms with E-state index >= 15 is 0 Å². The first-order chi connectivity index (χ1) is 17.4. The molecule has 0 bridgehead atoms. The maximum absolute atomic E-state index is 12.5. The number of benzene rings is 2. The lowest BCUT2D eigenvalue weighted by molar-refractivity contribution is 0.0695. The van der Waals surface area contributed by atoms with Gasteiger partial charge in [-0.15, -0.1) is 0 Å². The summed E-state index contributed by atoms with van der Waals surface area (Å²) in [5.41, 5.74) is 5.39. The van der Waals surface area contributed by atoms with Gasteiger partial charge in [-0.3, -0.25) is 4.79 Å². The van der Waals surface area contributed by atoms with Crippen molar-refractivity contribution in [3.63, 3.8) is 0 Å². The van der Waals surface area contributed by atoms with E-state index in [0.717, 1.165) is 59.7 Å². The molecule has 1 saturated carbocycles. The Kier molecular flexibility index (Phi) is 5.29. The molecule has 0 radical (unpaired) electrons. The number of aryl methyl sites for hydroxylation is 2. The van der Waals surface area contributed by atoms with Crippen molar-refractivity contribution in [1.29, 1.82) is 0 Å². The molecule has 1 N–H and O–H groups in total. The van der Waals surface area contributed by atoms with Crippen LogP contribution in [-0.2, 0) is 7.05 Å². The third-order valence-corrected chi connectivity index (χ3v) is 7.32. The Morgan fingerprint density at radius 2 is 1.94 bits per heavy atom. The summed E-state index contributed by atoms with van der Waals surface area (Å²) in [6.45, 7) is 3.83. The summed E-state index contributed by atoms with van der Waals surface area (Å²) in [7, 11) is 1.77. The first kappa shape index (κ1) is 22.3. The number of nitrogens with zero attached hydrogens (tertiary/aromatic N) is 3. The highest BCUT2D eigenvalue weighted by Crippen LogP contribution is 2.45. The van der Waals surface area contributed by atoms with E-state index in [9.17, 15) is 14.7 Å². The molecule has 3 heterocycles. The zero-order valence-corrected chi connectivity index (χ0v) is 20.3. The lowest BCUT2D eigenvalue weighted by Gasteiger charge is -2.39. The molecule has 0 spiro atoms. The van der Waals surface area contributed by atoms with Crippen molar-refractivity contribution in [2.75, 3.05) is 18.0 Å². The van der Waals surface area contributed by atoms with Crippen LogP contribution >= 0.6 is 0 Å². The topological polar surface area (TPSA) is 88.6 Å². The minimum absolute atomic E-state index is 0.212. The van der Waals surface area contributed by atoms with Crippen molar-refractivity contribution in [2.45, 2.75) is 25.7 Å². The van der Waals surface area contributed by atoms with Gasteiger partial charge in [-0.1, -0.05) is 41.6 Å². The second-order valence-corrected chi connectivity index (χ2v) is 9.91. The van der Waals surface area contributed by atoms with Gasteiger partial charge >= 0.3 is 5.97 Å². The van der Waals surface area contributed by atoms with Crippen molar-refractivity contribution in [2.24, 2.45) is 13.0 Å². The minimum atomic E-state index is -1.21. The first-order valence-corrected chi connectivity index (χ1v) is 12.3. The second kappa shape index (κ2) is 8.52. The smallest absolute Gasteiger partial charge is 0.341 e. The fraction of sp³-hybridized carbons (Fsp3) is 0.276. The number of carboxylic acid groups (broad SMARTS) is 1. The number of carbonyl (C=O) groups is 1. The monoisotopic (exact) mass is 481 g/mol. The molecular formula is C29H27N3O4. The molecule has 4 aromatic rings. The molecular weight excluding hydrogens is 454 g/mol. The molecule has 0 unspecified atom stereocenters. The number of pyridine rings is 1. The summed E-state index contributed by atoms with van der Waals surface area (Å²) in [6, 6.07) is 13.9. The van der Waals surface area contributed by atoms with Crippen molar-refractivity contribution in [3.05, 3.63) is 87.4 Å². The lowest BCUT2D eigenvalue weighted by Crippen LogP contribution is -2.45. The van der Waals surface area contributed by atoms with E-state index in [1.54, 1.807) is 17.7 Å². The molecule has 182 valence electrons. The van der Waals surface area contributed by atoms with Crippen LogP contribution in [0.5, 0.6) is 0 Å². The van der Waals surface area contributed by atoms with E-state index in [0.29, 0.717) is 17.2 Å². The molecule has 6 rings (SSSR count). The highest BCUT2D eigenvalue weighted by Gasteiger charge is 2.32. The van der Waals surface area contributed by atoms with Crippen LogP contribution in [0, 0.1) is 12.8 Å². The summed E-state index contributed by atoms with van der Waals surface area (Å²) < 4.78 is 7.52. The van der Waals surface area contributed by atoms with Gasteiger partial charge in [0.2, 0.25) is 5.43 Å². The van der Waals surface area contributed by atoms with Crippen LogP contribution in [0.25, 0.3) is 28.2 Å². The molecule has 2 aromatic carbocycles. The number of rotatable bonds is 6. The minimum Gasteiger partial charge on any atom is -0.477 e. The van der Waals surface area contributed by atoms with Crippen molar-refractivity contribution in [1.82, 2.24) is 9.72 Å². The average molecular weight is 482 g/mol. The Hall–Kier alpha value is -4.13. The molecule has 1 aliphatic heterocycles. The predicted molar refractivity (Wildman–Crippen MR) is 140 cm³/mol. The SMILES string of the molecule is Cc1ccccc1-c1noc(C2CC2)c1/C=C/C1CN(c2ccc3c(=O)c(C(=O)O)cn(C)c3c2)C1. The molecule has 2 aromatic heterocycles. The Morgan fingerprint density at radius 3 is 2.67 bits per heavy atom. The normalized spacial score (nSPS) is 16.1. The highest BCUT2D eigenvalue weighted by atomic mass is 16.5. The fourth-order valence-electron chi connectivity index (χ4n) is 5.04. The van der Waals surface area contributed by atoms with Gasteiger partial charge in [-0.25, -0.2) is 4.79 Å². The number of hydrogen-bond donors (Lipinski definition) is 1. The van der Waals surface area contributed by atoms with E-state index in [-0.39, 0.29) is 5.56 Å². The van der Waals surface area contributed by atoms with E-state index in [4.69, 9.17) is 4.52 Å². The Labute approximate surface area is 208 Å². The van der Waals surface area contributed by atoms with Gasteiger partial charge in [0.05, 0.1) is 5.52 Å².